The molecule has 0 aliphatic carbocycles. The summed E-state index contributed by atoms with van der Waals surface area (Å²) in [6.07, 6.45) is 1.53. The van der Waals surface area contributed by atoms with E-state index in [9.17, 15) is 8.42 Å². The minimum Gasteiger partial charge on any atom is -0.339 e. The lowest BCUT2D eigenvalue weighted by atomic mass is 10.00. The van der Waals surface area contributed by atoms with Crippen LogP contribution < -0.4 is 0 Å². The summed E-state index contributed by atoms with van der Waals surface area (Å²) in [6, 6.07) is 12.5. The number of benzene rings is 2. The van der Waals surface area contributed by atoms with E-state index in [4.69, 9.17) is 16.1 Å². The second-order valence-electron chi connectivity index (χ2n) is 7.38. The van der Waals surface area contributed by atoms with Crippen molar-refractivity contribution in [1.29, 1.82) is 0 Å². The first-order valence-corrected chi connectivity index (χ1v) is 11.3. The minimum absolute atomic E-state index is 0.145. The van der Waals surface area contributed by atoms with E-state index in [0.29, 0.717) is 40.3 Å². The Hall–Kier alpha value is -2.22. The molecule has 0 spiro atoms. The molecule has 1 atom stereocenters. The van der Waals surface area contributed by atoms with Gasteiger partial charge < -0.3 is 4.52 Å². The zero-order chi connectivity index (χ0) is 20.6. The van der Waals surface area contributed by atoms with E-state index in [1.54, 1.807) is 18.2 Å². The molecule has 0 unspecified atom stereocenters. The quantitative estimate of drug-likeness (QED) is 0.604. The van der Waals surface area contributed by atoms with Crippen LogP contribution in [-0.4, -0.2) is 36.0 Å². The highest BCUT2D eigenvalue weighted by Gasteiger charge is 2.33. The molecule has 152 valence electrons. The highest BCUT2D eigenvalue weighted by atomic mass is 35.5. The van der Waals surface area contributed by atoms with Crippen molar-refractivity contribution in [2.75, 3.05) is 13.1 Å². The third kappa shape index (κ3) is 3.95. The van der Waals surface area contributed by atoms with Gasteiger partial charge in [-0.15, -0.1) is 0 Å². The van der Waals surface area contributed by atoms with Crippen LogP contribution in [0.4, 0.5) is 0 Å². The highest BCUT2D eigenvalue weighted by molar-refractivity contribution is 7.89. The Balaban J connectivity index is 1.57. The number of aromatic nitrogens is 2. The summed E-state index contributed by atoms with van der Waals surface area (Å²) in [5.41, 5.74) is 2.72. The normalized spacial score (nSPS) is 18.1. The third-order valence-corrected chi connectivity index (χ3v) is 7.60. The molecule has 0 N–H and O–H groups in total. The molecule has 4 rings (SSSR count). The summed E-state index contributed by atoms with van der Waals surface area (Å²) in [5, 5.41) is 4.59. The van der Waals surface area contributed by atoms with Gasteiger partial charge >= 0.3 is 0 Å². The largest absolute Gasteiger partial charge is 0.339 e. The van der Waals surface area contributed by atoms with E-state index in [1.807, 2.05) is 38.1 Å². The van der Waals surface area contributed by atoms with Gasteiger partial charge in [0, 0.05) is 18.7 Å². The summed E-state index contributed by atoms with van der Waals surface area (Å²) in [5.74, 6) is 0.716. The Morgan fingerprint density at radius 2 is 1.93 bits per heavy atom. The van der Waals surface area contributed by atoms with Gasteiger partial charge in [0.05, 0.1) is 15.8 Å². The number of rotatable bonds is 4. The lowest BCUT2D eigenvalue weighted by Crippen LogP contribution is -2.39. The summed E-state index contributed by atoms with van der Waals surface area (Å²) < 4.78 is 33.3. The zero-order valence-corrected chi connectivity index (χ0v) is 17.9. The van der Waals surface area contributed by atoms with E-state index in [0.717, 1.165) is 24.0 Å². The number of hydrogen-bond acceptors (Lipinski definition) is 5. The number of aryl methyl sites for hydroxylation is 2. The predicted molar refractivity (Wildman–Crippen MR) is 111 cm³/mol. The first-order chi connectivity index (χ1) is 13.9. The minimum atomic E-state index is -3.57. The molecule has 1 fully saturated rings. The first kappa shape index (κ1) is 20.1. The van der Waals surface area contributed by atoms with Crippen LogP contribution in [0.25, 0.3) is 11.4 Å². The Bertz CT molecular complexity index is 1140. The number of piperidine rings is 1. The second kappa shape index (κ2) is 7.89. The summed E-state index contributed by atoms with van der Waals surface area (Å²) in [7, 11) is -3.57. The third-order valence-electron chi connectivity index (χ3n) is 5.41. The van der Waals surface area contributed by atoms with Crippen LogP contribution in [0.5, 0.6) is 0 Å². The first-order valence-electron chi connectivity index (χ1n) is 9.52. The fourth-order valence-electron chi connectivity index (χ4n) is 3.54. The molecule has 1 aliphatic heterocycles. The van der Waals surface area contributed by atoms with Gasteiger partial charge in [0.25, 0.3) is 0 Å². The Morgan fingerprint density at radius 1 is 1.14 bits per heavy atom. The maximum Gasteiger partial charge on any atom is 0.243 e. The van der Waals surface area contributed by atoms with Crippen molar-refractivity contribution in [3.05, 3.63) is 64.5 Å². The number of nitrogens with zero attached hydrogens (tertiary/aromatic N) is 3. The second-order valence-corrected chi connectivity index (χ2v) is 9.73. The van der Waals surface area contributed by atoms with Gasteiger partial charge in [-0.05, 0) is 62.1 Å². The molecule has 8 heteroatoms. The zero-order valence-electron chi connectivity index (χ0n) is 16.3. The van der Waals surface area contributed by atoms with Crippen molar-refractivity contribution in [2.45, 2.75) is 37.5 Å². The fourth-order valence-corrected chi connectivity index (χ4v) is 5.37. The van der Waals surface area contributed by atoms with E-state index in [2.05, 4.69) is 10.1 Å². The predicted octanol–water partition coefficient (Wildman–Crippen LogP) is 4.58. The van der Waals surface area contributed by atoms with Gasteiger partial charge in [0.2, 0.25) is 21.7 Å². The van der Waals surface area contributed by atoms with Crippen LogP contribution in [0.2, 0.25) is 5.02 Å². The van der Waals surface area contributed by atoms with E-state index >= 15 is 0 Å². The van der Waals surface area contributed by atoms with Gasteiger partial charge in [-0.2, -0.15) is 9.29 Å². The van der Waals surface area contributed by atoms with Gasteiger partial charge in [-0.1, -0.05) is 35.0 Å². The molecule has 2 aromatic carbocycles. The standard InChI is InChI=1S/C21H22ClN3O3S/c1-14-9-10-17(12-15(14)2)29(26,27)25-11-5-6-16(13-25)21-23-20(24-28-21)18-7-3-4-8-19(18)22/h3-4,7-10,12,16H,5-6,11,13H2,1-2H3/t16-/m0/s1. The average Bonchev–Trinajstić information content (AvgIpc) is 3.20. The molecule has 3 aromatic rings. The lowest BCUT2D eigenvalue weighted by molar-refractivity contribution is 0.265. The molecule has 6 nitrogen and oxygen atoms in total. The molecule has 0 radical (unpaired) electrons. The van der Waals surface area contributed by atoms with Crippen molar-refractivity contribution in [1.82, 2.24) is 14.4 Å². The smallest absolute Gasteiger partial charge is 0.243 e. The summed E-state index contributed by atoms with van der Waals surface area (Å²) in [4.78, 5) is 4.82. The monoisotopic (exact) mass is 431 g/mol. The molecule has 0 amide bonds. The van der Waals surface area contributed by atoms with Crippen LogP contribution in [0, 0.1) is 13.8 Å². The maximum absolute atomic E-state index is 13.1. The van der Waals surface area contributed by atoms with Crippen LogP contribution in [0.1, 0.15) is 35.8 Å². The Labute approximate surface area is 175 Å². The van der Waals surface area contributed by atoms with Crippen LogP contribution in [0.15, 0.2) is 51.9 Å². The van der Waals surface area contributed by atoms with E-state index < -0.39 is 10.0 Å². The maximum atomic E-state index is 13.1. The van der Waals surface area contributed by atoms with Gasteiger partial charge in [0.1, 0.15) is 0 Å². The SMILES string of the molecule is Cc1ccc(S(=O)(=O)N2CCC[C@H](c3nc(-c4ccccc4Cl)no3)C2)cc1C. The lowest BCUT2D eigenvalue weighted by Gasteiger charge is -2.30. The van der Waals surface area contributed by atoms with E-state index in [-0.39, 0.29) is 5.92 Å². The topological polar surface area (TPSA) is 76.3 Å². The molecule has 1 aliphatic rings. The number of hydrogen-bond donors (Lipinski definition) is 0. The fraction of sp³-hybridized carbons (Fsp3) is 0.333. The van der Waals surface area contributed by atoms with Crippen LogP contribution >= 0.6 is 11.6 Å². The highest BCUT2D eigenvalue weighted by Crippen LogP contribution is 2.32. The Morgan fingerprint density at radius 3 is 2.69 bits per heavy atom. The molecule has 1 aromatic heterocycles. The number of sulfonamides is 1. The molecule has 0 bridgehead atoms. The van der Waals surface area contributed by atoms with Crippen LogP contribution in [0.3, 0.4) is 0 Å². The summed E-state index contributed by atoms with van der Waals surface area (Å²) >= 11 is 6.22. The van der Waals surface area contributed by atoms with Crippen molar-refractivity contribution >= 4 is 21.6 Å². The van der Waals surface area contributed by atoms with Gasteiger partial charge in [-0.3, -0.25) is 0 Å². The molecule has 29 heavy (non-hydrogen) atoms. The van der Waals surface area contributed by atoms with Crippen molar-refractivity contribution in [3.8, 4) is 11.4 Å². The van der Waals surface area contributed by atoms with Crippen LogP contribution in [-0.2, 0) is 10.0 Å². The average molecular weight is 432 g/mol. The van der Waals surface area contributed by atoms with E-state index in [1.165, 1.54) is 4.31 Å². The molecule has 1 saturated heterocycles. The van der Waals surface area contributed by atoms with Crippen molar-refractivity contribution in [3.63, 3.8) is 0 Å². The van der Waals surface area contributed by atoms with Crippen molar-refractivity contribution in [2.24, 2.45) is 0 Å². The molecule has 0 saturated carbocycles. The van der Waals surface area contributed by atoms with Crippen molar-refractivity contribution < 1.29 is 12.9 Å². The molecular weight excluding hydrogens is 410 g/mol. The van der Waals surface area contributed by atoms with Gasteiger partial charge in [-0.25, -0.2) is 8.42 Å². The molecule has 2 heterocycles. The molecular formula is C21H22ClN3O3S. The number of halogens is 1. The Kier molecular flexibility index (Phi) is 5.46. The summed E-state index contributed by atoms with van der Waals surface area (Å²) in [6.45, 7) is 4.69. The van der Waals surface area contributed by atoms with Gasteiger partial charge in [0.15, 0.2) is 0 Å².